The molecule has 0 bridgehead atoms. The number of aromatic nitrogens is 1. The van der Waals surface area contributed by atoms with Crippen molar-refractivity contribution in [3.63, 3.8) is 0 Å². The standard InChI is InChI=1S/C27H31FN4O3/c1-18-13-22(19(2)32(18)17-24-5-4-12-35-24)14-23(16-29)27(34)31-10-8-30(9-11-31)26-7-6-21(20(3)33)15-25(26)28/h6-7,13-15,24H,4-5,8-12,17H2,1-3H3/b23-14+. The van der Waals surface area contributed by atoms with E-state index >= 15 is 0 Å². The van der Waals surface area contributed by atoms with Crippen LogP contribution in [0.15, 0.2) is 29.8 Å². The van der Waals surface area contributed by atoms with Gasteiger partial charge >= 0.3 is 0 Å². The van der Waals surface area contributed by atoms with E-state index in [0.717, 1.165) is 42.9 Å². The van der Waals surface area contributed by atoms with Crippen molar-refractivity contribution in [3.8, 4) is 6.07 Å². The Hall–Kier alpha value is -3.44. The molecule has 1 aromatic carbocycles. The second-order valence-corrected chi connectivity index (χ2v) is 9.24. The fourth-order valence-corrected chi connectivity index (χ4v) is 4.85. The van der Waals surface area contributed by atoms with Gasteiger partial charge in [0.1, 0.15) is 17.5 Å². The minimum atomic E-state index is -0.451. The fourth-order valence-electron chi connectivity index (χ4n) is 4.85. The quantitative estimate of drug-likeness (QED) is 0.358. The molecule has 2 fully saturated rings. The Morgan fingerprint density at radius 3 is 2.54 bits per heavy atom. The van der Waals surface area contributed by atoms with E-state index < -0.39 is 5.82 Å². The smallest absolute Gasteiger partial charge is 0.264 e. The number of ether oxygens (including phenoxy) is 1. The van der Waals surface area contributed by atoms with Gasteiger partial charge in [0.2, 0.25) is 0 Å². The summed E-state index contributed by atoms with van der Waals surface area (Å²) in [5.74, 6) is -0.953. The normalized spacial score (nSPS) is 18.6. The lowest BCUT2D eigenvalue weighted by molar-refractivity contribution is -0.126. The van der Waals surface area contributed by atoms with Crippen LogP contribution in [0.5, 0.6) is 0 Å². The van der Waals surface area contributed by atoms with Crippen LogP contribution in [0, 0.1) is 31.0 Å². The first-order valence-electron chi connectivity index (χ1n) is 12.0. The number of piperazine rings is 1. The highest BCUT2D eigenvalue weighted by Gasteiger charge is 2.26. The fraction of sp³-hybridized carbons (Fsp3) is 0.444. The molecule has 7 nitrogen and oxygen atoms in total. The molecule has 4 rings (SSSR count). The second kappa shape index (κ2) is 10.4. The Morgan fingerprint density at radius 1 is 1.20 bits per heavy atom. The number of Topliss-reactive ketones (excluding diaryl/α,β-unsaturated/α-hetero) is 1. The number of anilines is 1. The summed E-state index contributed by atoms with van der Waals surface area (Å²) in [5.41, 5.74) is 3.77. The largest absolute Gasteiger partial charge is 0.376 e. The van der Waals surface area contributed by atoms with Crippen molar-refractivity contribution in [2.75, 3.05) is 37.7 Å². The molecule has 2 saturated heterocycles. The third-order valence-electron chi connectivity index (χ3n) is 6.94. The van der Waals surface area contributed by atoms with Crippen LogP contribution in [0.4, 0.5) is 10.1 Å². The van der Waals surface area contributed by atoms with Crippen molar-refractivity contribution in [2.24, 2.45) is 0 Å². The summed E-state index contributed by atoms with van der Waals surface area (Å²) in [5, 5.41) is 9.74. The van der Waals surface area contributed by atoms with Crippen LogP contribution in [0.25, 0.3) is 6.08 Å². The van der Waals surface area contributed by atoms with Gasteiger partial charge in [0, 0.05) is 56.3 Å². The third kappa shape index (κ3) is 5.30. The molecule has 0 N–H and O–H groups in total. The van der Waals surface area contributed by atoms with Crippen molar-refractivity contribution in [1.82, 2.24) is 9.47 Å². The Kier molecular flexibility index (Phi) is 7.37. The maximum atomic E-state index is 14.5. The Morgan fingerprint density at radius 2 is 1.94 bits per heavy atom. The third-order valence-corrected chi connectivity index (χ3v) is 6.94. The summed E-state index contributed by atoms with van der Waals surface area (Å²) in [7, 11) is 0. The summed E-state index contributed by atoms with van der Waals surface area (Å²) in [6.07, 6.45) is 3.99. The van der Waals surface area contributed by atoms with Crippen molar-refractivity contribution < 1.29 is 18.7 Å². The Bertz CT molecular complexity index is 1200. The van der Waals surface area contributed by atoms with Gasteiger partial charge in [-0.2, -0.15) is 5.26 Å². The number of ketones is 1. The molecule has 8 heteroatoms. The van der Waals surface area contributed by atoms with E-state index in [1.54, 1.807) is 23.1 Å². The molecular formula is C27H31FN4O3. The van der Waals surface area contributed by atoms with Crippen molar-refractivity contribution in [2.45, 2.75) is 46.3 Å². The van der Waals surface area contributed by atoms with Gasteiger partial charge in [-0.3, -0.25) is 9.59 Å². The first kappa shape index (κ1) is 24.7. The lowest BCUT2D eigenvalue weighted by Gasteiger charge is -2.36. The van der Waals surface area contributed by atoms with Crippen molar-refractivity contribution in [1.29, 1.82) is 5.26 Å². The van der Waals surface area contributed by atoms with Crippen molar-refractivity contribution in [3.05, 3.63) is 58.2 Å². The van der Waals surface area contributed by atoms with Crippen LogP contribution in [0.1, 0.15) is 47.1 Å². The van der Waals surface area contributed by atoms with E-state index in [9.17, 15) is 19.2 Å². The molecule has 0 spiro atoms. The number of halogens is 1. The molecule has 1 amide bonds. The van der Waals surface area contributed by atoms with Gasteiger partial charge in [-0.05, 0) is 69.5 Å². The average Bonchev–Trinajstić information content (AvgIpc) is 3.46. The number of hydrogen-bond donors (Lipinski definition) is 0. The van der Waals surface area contributed by atoms with Gasteiger partial charge in [0.25, 0.3) is 5.91 Å². The Balaban J connectivity index is 1.44. The maximum Gasteiger partial charge on any atom is 0.264 e. The molecule has 2 aromatic rings. The molecule has 2 aliphatic rings. The molecule has 1 unspecified atom stereocenters. The van der Waals surface area contributed by atoms with Crippen LogP contribution >= 0.6 is 0 Å². The van der Waals surface area contributed by atoms with E-state index in [1.807, 2.05) is 24.8 Å². The first-order chi connectivity index (χ1) is 16.8. The molecule has 3 heterocycles. The van der Waals surface area contributed by atoms with Gasteiger partial charge in [-0.1, -0.05) is 0 Å². The first-order valence-corrected chi connectivity index (χ1v) is 12.0. The number of benzene rings is 1. The predicted molar refractivity (Wildman–Crippen MR) is 132 cm³/mol. The lowest BCUT2D eigenvalue weighted by Crippen LogP contribution is -2.49. The van der Waals surface area contributed by atoms with Crippen LogP contribution in [-0.4, -0.2) is 60.0 Å². The molecule has 1 atom stereocenters. The zero-order chi connectivity index (χ0) is 25.1. The molecule has 0 saturated carbocycles. The monoisotopic (exact) mass is 478 g/mol. The maximum absolute atomic E-state index is 14.5. The molecule has 0 aliphatic carbocycles. The van der Waals surface area contributed by atoms with Gasteiger partial charge in [0.05, 0.1) is 11.8 Å². The zero-order valence-electron chi connectivity index (χ0n) is 20.5. The van der Waals surface area contributed by atoms with Crippen LogP contribution in [0.2, 0.25) is 0 Å². The second-order valence-electron chi connectivity index (χ2n) is 9.24. The summed E-state index contributed by atoms with van der Waals surface area (Å²) in [6, 6.07) is 8.55. The molecular weight excluding hydrogens is 447 g/mol. The molecule has 1 aromatic heterocycles. The summed E-state index contributed by atoms with van der Waals surface area (Å²) < 4.78 is 22.5. The molecule has 0 radical (unpaired) electrons. The number of amides is 1. The van der Waals surface area contributed by atoms with Crippen molar-refractivity contribution >= 4 is 23.5 Å². The summed E-state index contributed by atoms with van der Waals surface area (Å²) in [4.78, 5) is 28.1. The average molecular weight is 479 g/mol. The van der Waals surface area contributed by atoms with Gasteiger partial charge in [-0.25, -0.2) is 4.39 Å². The van der Waals surface area contributed by atoms with E-state index in [-0.39, 0.29) is 23.4 Å². The Labute approximate surface area is 205 Å². The number of nitriles is 1. The molecule has 184 valence electrons. The van der Waals surface area contributed by atoms with Gasteiger partial charge in [0.15, 0.2) is 5.78 Å². The highest BCUT2D eigenvalue weighted by atomic mass is 19.1. The number of hydrogen-bond acceptors (Lipinski definition) is 5. The molecule has 2 aliphatic heterocycles. The highest BCUT2D eigenvalue weighted by molar-refractivity contribution is 6.02. The van der Waals surface area contributed by atoms with Crippen LogP contribution < -0.4 is 4.90 Å². The van der Waals surface area contributed by atoms with E-state index in [1.165, 1.54) is 13.0 Å². The minimum Gasteiger partial charge on any atom is -0.376 e. The summed E-state index contributed by atoms with van der Waals surface area (Å²) in [6.45, 7) is 8.63. The topological polar surface area (TPSA) is 78.6 Å². The van der Waals surface area contributed by atoms with E-state index in [0.29, 0.717) is 37.4 Å². The summed E-state index contributed by atoms with van der Waals surface area (Å²) >= 11 is 0. The van der Waals surface area contributed by atoms with Gasteiger partial charge in [-0.15, -0.1) is 0 Å². The lowest BCUT2D eigenvalue weighted by atomic mass is 10.1. The van der Waals surface area contributed by atoms with E-state index in [2.05, 4.69) is 10.6 Å². The van der Waals surface area contributed by atoms with Crippen LogP contribution in [-0.2, 0) is 16.1 Å². The number of aryl methyl sites for hydroxylation is 1. The predicted octanol–water partition coefficient (Wildman–Crippen LogP) is 3.88. The number of carbonyl (C=O) groups is 2. The number of carbonyl (C=O) groups excluding carboxylic acids is 2. The van der Waals surface area contributed by atoms with Crippen LogP contribution in [0.3, 0.4) is 0 Å². The zero-order valence-corrected chi connectivity index (χ0v) is 20.5. The van der Waals surface area contributed by atoms with Gasteiger partial charge < -0.3 is 19.1 Å². The van der Waals surface area contributed by atoms with E-state index in [4.69, 9.17) is 4.74 Å². The number of nitrogens with zero attached hydrogens (tertiary/aromatic N) is 4. The minimum absolute atomic E-state index is 0.0906. The number of rotatable bonds is 6. The molecule has 35 heavy (non-hydrogen) atoms. The highest BCUT2D eigenvalue weighted by Crippen LogP contribution is 2.25. The SMILES string of the molecule is CC(=O)c1ccc(N2CCN(C(=O)/C(C#N)=C/c3cc(C)n(CC4CCCO4)c3C)CC2)c(F)c1.